The molecule has 4 nitrogen and oxygen atoms in total. The summed E-state index contributed by atoms with van der Waals surface area (Å²) >= 11 is 0. The Bertz CT molecular complexity index is 467. The third-order valence-corrected chi connectivity index (χ3v) is 3.95. The van der Waals surface area contributed by atoms with Gasteiger partial charge >= 0.3 is 0 Å². The van der Waals surface area contributed by atoms with Gasteiger partial charge in [0.25, 0.3) is 0 Å². The number of benzene rings is 1. The summed E-state index contributed by atoms with van der Waals surface area (Å²) in [4.78, 5) is 14.0. The average molecular weight is 313 g/mol. The number of halogens is 1. The Hall–Kier alpha value is -1.26. The van der Waals surface area contributed by atoms with Gasteiger partial charge in [0.05, 0.1) is 12.5 Å². The van der Waals surface area contributed by atoms with E-state index in [-0.39, 0.29) is 30.3 Å². The number of hydrogen-bond donors (Lipinski definition) is 1. The zero-order valence-corrected chi connectivity index (χ0v) is 13.6. The normalized spacial score (nSPS) is 20.7. The summed E-state index contributed by atoms with van der Waals surface area (Å²) in [5.41, 5.74) is 7.15. The van der Waals surface area contributed by atoms with Crippen LogP contribution in [0.2, 0.25) is 0 Å². The van der Waals surface area contributed by atoms with E-state index in [0.717, 1.165) is 25.0 Å². The highest BCUT2D eigenvalue weighted by molar-refractivity contribution is 5.85. The summed E-state index contributed by atoms with van der Waals surface area (Å²) < 4.78 is 5.67. The Kier molecular flexibility index (Phi) is 6.99. The van der Waals surface area contributed by atoms with Gasteiger partial charge in [-0.1, -0.05) is 18.6 Å². The number of nitrogens with zero attached hydrogens (tertiary/aromatic N) is 1. The number of hydrogen-bond acceptors (Lipinski definition) is 3. The number of ether oxygens (including phenoxy) is 1. The predicted molar refractivity (Wildman–Crippen MR) is 86.9 cm³/mol. The first kappa shape index (κ1) is 17.8. The topological polar surface area (TPSA) is 55.6 Å². The standard InChI is InChI=1S/C16H24N2O2.ClH/c1-12-5-3-6-13(11-12)20-10-9-18(2)16(19)14-7-4-8-15(14)17;/h3,5-6,11,14-15H,4,7-10,17H2,1-2H3;1H. The minimum atomic E-state index is -0.000954. The molecule has 21 heavy (non-hydrogen) atoms. The minimum Gasteiger partial charge on any atom is -0.492 e. The molecular weight excluding hydrogens is 288 g/mol. The number of rotatable bonds is 5. The van der Waals surface area contributed by atoms with Gasteiger partial charge in [0.2, 0.25) is 5.91 Å². The highest BCUT2D eigenvalue weighted by Gasteiger charge is 2.31. The first-order valence-corrected chi connectivity index (χ1v) is 7.28. The van der Waals surface area contributed by atoms with E-state index in [9.17, 15) is 4.79 Å². The van der Waals surface area contributed by atoms with Crippen LogP contribution >= 0.6 is 12.4 Å². The molecule has 2 unspecified atom stereocenters. The van der Waals surface area contributed by atoms with Crippen LogP contribution in [0.3, 0.4) is 0 Å². The highest BCUT2D eigenvalue weighted by atomic mass is 35.5. The molecule has 0 aromatic heterocycles. The molecule has 118 valence electrons. The Morgan fingerprint density at radius 1 is 1.43 bits per heavy atom. The highest BCUT2D eigenvalue weighted by Crippen LogP contribution is 2.25. The van der Waals surface area contributed by atoms with E-state index in [2.05, 4.69) is 0 Å². The number of nitrogens with two attached hydrogens (primary N) is 1. The molecule has 1 amide bonds. The van der Waals surface area contributed by atoms with E-state index in [4.69, 9.17) is 10.5 Å². The van der Waals surface area contributed by atoms with Crippen LogP contribution in [0.25, 0.3) is 0 Å². The van der Waals surface area contributed by atoms with Crippen LogP contribution < -0.4 is 10.5 Å². The molecule has 1 saturated carbocycles. The van der Waals surface area contributed by atoms with Crippen molar-refractivity contribution in [3.8, 4) is 5.75 Å². The molecular formula is C16H25ClN2O2. The largest absolute Gasteiger partial charge is 0.492 e. The van der Waals surface area contributed by atoms with Crippen LogP contribution in [-0.4, -0.2) is 37.0 Å². The number of aryl methyl sites for hydroxylation is 1. The molecule has 0 radical (unpaired) electrons. The number of carbonyl (C=O) groups excluding carboxylic acids is 1. The van der Waals surface area contributed by atoms with Gasteiger partial charge in [-0.25, -0.2) is 0 Å². The van der Waals surface area contributed by atoms with E-state index >= 15 is 0 Å². The molecule has 0 saturated heterocycles. The molecule has 0 heterocycles. The lowest BCUT2D eigenvalue weighted by molar-refractivity contribution is -0.134. The molecule has 2 N–H and O–H groups in total. The van der Waals surface area contributed by atoms with Crippen LogP contribution in [0.4, 0.5) is 0 Å². The van der Waals surface area contributed by atoms with Crippen molar-refractivity contribution >= 4 is 18.3 Å². The third kappa shape index (κ3) is 4.90. The van der Waals surface area contributed by atoms with E-state index in [1.54, 1.807) is 4.90 Å². The maximum atomic E-state index is 12.2. The first-order chi connectivity index (χ1) is 9.58. The van der Waals surface area contributed by atoms with Crippen LogP contribution in [-0.2, 0) is 4.79 Å². The van der Waals surface area contributed by atoms with Crippen LogP contribution in [0.1, 0.15) is 24.8 Å². The smallest absolute Gasteiger partial charge is 0.227 e. The van der Waals surface area contributed by atoms with Crippen molar-refractivity contribution in [2.24, 2.45) is 11.7 Å². The molecule has 1 fully saturated rings. The molecule has 1 aliphatic carbocycles. The summed E-state index contributed by atoms with van der Waals surface area (Å²) in [7, 11) is 1.83. The van der Waals surface area contributed by atoms with E-state index in [1.165, 1.54) is 5.56 Å². The van der Waals surface area contributed by atoms with Crippen molar-refractivity contribution in [1.82, 2.24) is 4.90 Å². The molecule has 5 heteroatoms. The second kappa shape index (κ2) is 8.25. The Morgan fingerprint density at radius 3 is 2.81 bits per heavy atom. The van der Waals surface area contributed by atoms with Crippen LogP contribution in [0.5, 0.6) is 5.75 Å². The molecule has 1 aromatic carbocycles. The minimum absolute atomic E-state index is 0. The SMILES string of the molecule is Cc1cccc(OCCN(C)C(=O)C2CCCC2N)c1.Cl. The summed E-state index contributed by atoms with van der Waals surface area (Å²) in [6.45, 7) is 3.13. The van der Waals surface area contributed by atoms with Gasteiger partial charge in [-0.15, -0.1) is 12.4 Å². The van der Waals surface area contributed by atoms with Crippen molar-refractivity contribution in [1.29, 1.82) is 0 Å². The lowest BCUT2D eigenvalue weighted by Gasteiger charge is -2.23. The van der Waals surface area contributed by atoms with Crippen molar-refractivity contribution < 1.29 is 9.53 Å². The number of carbonyl (C=O) groups is 1. The third-order valence-electron chi connectivity index (χ3n) is 3.95. The zero-order chi connectivity index (χ0) is 14.5. The van der Waals surface area contributed by atoms with Gasteiger partial charge in [0, 0.05) is 13.1 Å². The van der Waals surface area contributed by atoms with Crippen molar-refractivity contribution in [2.75, 3.05) is 20.2 Å². The summed E-state index contributed by atoms with van der Waals surface area (Å²) in [5.74, 6) is 1.00. The maximum absolute atomic E-state index is 12.2. The average Bonchev–Trinajstić information content (AvgIpc) is 2.84. The van der Waals surface area contributed by atoms with Crippen molar-refractivity contribution in [3.63, 3.8) is 0 Å². The fraction of sp³-hybridized carbons (Fsp3) is 0.562. The van der Waals surface area contributed by atoms with E-state index in [0.29, 0.717) is 13.2 Å². The predicted octanol–water partition coefficient (Wildman–Crippen LogP) is 2.38. The molecule has 0 spiro atoms. The van der Waals surface area contributed by atoms with E-state index in [1.807, 2.05) is 38.2 Å². The molecule has 0 bridgehead atoms. The summed E-state index contributed by atoms with van der Waals surface area (Å²) in [6, 6.07) is 7.96. The lowest BCUT2D eigenvalue weighted by atomic mass is 10.0. The van der Waals surface area contributed by atoms with Crippen molar-refractivity contribution in [2.45, 2.75) is 32.2 Å². The Morgan fingerprint density at radius 2 is 2.19 bits per heavy atom. The van der Waals surface area contributed by atoms with Crippen LogP contribution in [0, 0.1) is 12.8 Å². The van der Waals surface area contributed by atoms with Gasteiger partial charge in [-0.05, 0) is 37.5 Å². The molecule has 2 atom stereocenters. The monoisotopic (exact) mass is 312 g/mol. The summed E-state index contributed by atoms with van der Waals surface area (Å²) in [6.07, 6.45) is 2.94. The van der Waals surface area contributed by atoms with Gasteiger partial charge in [-0.3, -0.25) is 4.79 Å². The van der Waals surface area contributed by atoms with Crippen molar-refractivity contribution in [3.05, 3.63) is 29.8 Å². The van der Waals surface area contributed by atoms with E-state index < -0.39 is 0 Å². The molecule has 1 aromatic rings. The first-order valence-electron chi connectivity index (χ1n) is 7.28. The summed E-state index contributed by atoms with van der Waals surface area (Å²) in [5, 5.41) is 0. The molecule has 2 rings (SSSR count). The Balaban J connectivity index is 0.00000220. The van der Waals surface area contributed by atoms with Crippen LogP contribution in [0.15, 0.2) is 24.3 Å². The van der Waals surface area contributed by atoms with Gasteiger partial charge in [-0.2, -0.15) is 0 Å². The van der Waals surface area contributed by atoms with Gasteiger partial charge in [0.15, 0.2) is 0 Å². The fourth-order valence-corrected chi connectivity index (χ4v) is 2.69. The Labute approximate surface area is 133 Å². The quantitative estimate of drug-likeness (QED) is 0.908. The number of likely N-dealkylation sites (N-methyl/N-ethyl adjacent to an activating group) is 1. The zero-order valence-electron chi connectivity index (χ0n) is 12.7. The maximum Gasteiger partial charge on any atom is 0.227 e. The lowest BCUT2D eigenvalue weighted by Crippen LogP contribution is -2.41. The second-order valence-electron chi connectivity index (χ2n) is 5.63. The molecule has 0 aliphatic heterocycles. The molecule has 1 aliphatic rings. The second-order valence-corrected chi connectivity index (χ2v) is 5.63. The number of amides is 1. The van der Waals surface area contributed by atoms with Gasteiger partial charge < -0.3 is 15.4 Å². The fourth-order valence-electron chi connectivity index (χ4n) is 2.69. The van der Waals surface area contributed by atoms with Gasteiger partial charge in [0.1, 0.15) is 12.4 Å².